The molecule has 114 valence electrons. The third-order valence-electron chi connectivity index (χ3n) is 2.92. The molecule has 22 heavy (non-hydrogen) atoms. The molecule has 2 aromatic carbocycles. The van der Waals surface area contributed by atoms with Crippen molar-refractivity contribution in [2.45, 2.75) is 13.5 Å². The highest BCUT2D eigenvalue weighted by Gasteiger charge is 2.14. The van der Waals surface area contributed by atoms with Crippen LogP contribution >= 0.6 is 11.6 Å². The highest BCUT2D eigenvalue weighted by atomic mass is 35.5. The summed E-state index contributed by atoms with van der Waals surface area (Å²) in [6.45, 7) is 2.19. The Morgan fingerprint density at radius 3 is 2.59 bits per heavy atom. The number of benzene rings is 2. The van der Waals surface area contributed by atoms with E-state index in [1.807, 2.05) is 31.2 Å². The van der Waals surface area contributed by atoms with Crippen LogP contribution in [0.1, 0.15) is 11.1 Å². The number of amides is 2. The van der Waals surface area contributed by atoms with E-state index in [1.54, 1.807) is 0 Å². The van der Waals surface area contributed by atoms with E-state index in [1.165, 1.54) is 12.1 Å². The van der Waals surface area contributed by atoms with Gasteiger partial charge < -0.3 is 10.6 Å². The molecule has 0 aliphatic rings. The van der Waals surface area contributed by atoms with Crippen molar-refractivity contribution >= 4 is 29.1 Å². The number of hydrogen-bond acceptors (Lipinski definition) is 2. The monoisotopic (exact) mass is 320 g/mol. The number of nitrogens with one attached hydrogen (secondary N) is 2. The lowest BCUT2D eigenvalue weighted by atomic mass is 10.1. The van der Waals surface area contributed by atoms with Crippen LogP contribution in [0.15, 0.2) is 42.5 Å². The van der Waals surface area contributed by atoms with Crippen molar-refractivity contribution in [2.24, 2.45) is 0 Å². The first-order valence-electron chi connectivity index (χ1n) is 6.55. The number of halogens is 2. The molecule has 2 N–H and O–H groups in total. The Hall–Kier alpha value is -2.40. The van der Waals surface area contributed by atoms with Crippen LogP contribution in [-0.4, -0.2) is 11.8 Å². The van der Waals surface area contributed by atoms with E-state index in [0.29, 0.717) is 0 Å². The van der Waals surface area contributed by atoms with E-state index in [9.17, 15) is 14.0 Å². The molecule has 0 fully saturated rings. The summed E-state index contributed by atoms with van der Waals surface area (Å²) in [6, 6.07) is 11.3. The lowest BCUT2D eigenvalue weighted by Gasteiger charge is -2.07. The lowest BCUT2D eigenvalue weighted by molar-refractivity contribution is -0.136. The fourth-order valence-electron chi connectivity index (χ4n) is 1.85. The molecule has 0 unspecified atom stereocenters. The predicted molar refractivity (Wildman–Crippen MR) is 83.1 cm³/mol. The van der Waals surface area contributed by atoms with Gasteiger partial charge in [0.25, 0.3) is 0 Å². The van der Waals surface area contributed by atoms with Crippen LogP contribution in [-0.2, 0) is 16.1 Å². The van der Waals surface area contributed by atoms with Crippen molar-refractivity contribution in [3.05, 3.63) is 64.4 Å². The van der Waals surface area contributed by atoms with Crippen molar-refractivity contribution in [3.8, 4) is 0 Å². The summed E-state index contributed by atoms with van der Waals surface area (Å²) in [5.41, 5.74) is 2.21. The average molecular weight is 321 g/mol. The molecule has 2 amide bonds. The van der Waals surface area contributed by atoms with Gasteiger partial charge in [-0.2, -0.15) is 0 Å². The molecule has 0 saturated carbocycles. The quantitative estimate of drug-likeness (QED) is 0.854. The summed E-state index contributed by atoms with van der Waals surface area (Å²) < 4.78 is 13.0. The van der Waals surface area contributed by atoms with Gasteiger partial charge in [0.1, 0.15) is 5.82 Å². The van der Waals surface area contributed by atoms with Crippen LogP contribution in [0.2, 0.25) is 5.02 Å². The molecule has 6 heteroatoms. The number of carbonyl (C=O) groups is 2. The van der Waals surface area contributed by atoms with Gasteiger partial charge in [0, 0.05) is 12.2 Å². The number of hydrogen-bond donors (Lipinski definition) is 2. The standard InChI is InChI=1S/C16H14ClFN2O2/c1-10-3-2-4-11(7-10)9-19-15(21)16(22)20-12-5-6-14(18)13(17)8-12/h2-8H,9H2,1H3,(H,19,21)(H,20,22). The summed E-state index contributed by atoms with van der Waals surface area (Å²) in [4.78, 5) is 23.5. The maximum Gasteiger partial charge on any atom is 0.313 e. The highest BCUT2D eigenvalue weighted by Crippen LogP contribution is 2.19. The summed E-state index contributed by atoms with van der Waals surface area (Å²) in [5, 5.41) is 4.74. The number of rotatable bonds is 3. The van der Waals surface area contributed by atoms with Gasteiger partial charge in [-0.25, -0.2) is 4.39 Å². The molecule has 0 heterocycles. The molecule has 0 radical (unpaired) electrons. The maximum atomic E-state index is 13.0. The minimum Gasteiger partial charge on any atom is -0.344 e. The second-order valence-corrected chi connectivity index (χ2v) is 5.16. The Morgan fingerprint density at radius 2 is 1.91 bits per heavy atom. The second kappa shape index (κ2) is 7.04. The smallest absolute Gasteiger partial charge is 0.313 e. The summed E-state index contributed by atoms with van der Waals surface area (Å²) >= 11 is 5.61. The van der Waals surface area contributed by atoms with Gasteiger partial charge in [-0.15, -0.1) is 0 Å². The topological polar surface area (TPSA) is 58.2 Å². The lowest BCUT2D eigenvalue weighted by Crippen LogP contribution is -2.34. The molecule has 2 aromatic rings. The van der Waals surface area contributed by atoms with E-state index < -0.39 is 17.6 Å². The summed E-state index contributed by atoms with van der Waals surface area (Å²) in [6.07, 6.45) is 0. The zero-order chi connectivity index (χ0) is 16.1. The SMILES string of the molecule is Cc1cccc(CNC(=O)C(=O)Nc2ccc(F)c(Cl)c2)c1. The first kappa shape index (κ1) is 16.0. The second-order valence-electron chi connectivity index (χ2n) is 4.75. The molecule has 2 rings (SSSR count). The minimum atomic E-state index is -0.838. The van der Waals surface area contributed by atoms with Gasteiger partial charge in [0.2, 0.25) is 0 Å². The number of anilines is 1. The Balaban J connectivity index is 1.92. The van der Waals surface area contributed by atoms with Gasteiger partial charge in [0.05, 0.1) is 5.02 Å². The van der Waals surface area contributed by atoms with Crippen molar-refractivity contribution < 1.29 is 14.0 Å². The molecule has 0 bridgehead atoms. The van der Waals surface area contributed by atoms with Crippen molar-refractivity contribution in [3.63, 3.8) is 0 Å². The molecule has 0 aromatic heterocycles. The highest BCUT2D eigenvalue weighted by molar-refractivity contribution is 6.39. The first-order chi connectivity index (χ1) is 10.5. The number of carbonyl (C=O) groups excluding carboxylic acids is 2. The van der Waals surface area contributed by atoms with Crippen LogP contribution in [0.25, 0.3) is 0 Å². The van der Waals surface area contributed by atoms with Crippen LogP contribution in [0, 0.1) is 12.7 Å². The molecular formula is C16H14ClFN2O2. The van der Waals surface area contributed by atoms with E-state index in [2.05, 4.69) is 10.6 Å². The minimum absolute atomic E-state index is 0.127. The average Bonchev–Trinajstić information content (AvgIpc) is 2.48. The predicted octanol–water partition coefficient (Wildman–Crippen LogP) is 3.04. The Labute approximate surface area is 132 Å². The van der Waals surface area contributed by atoms with E-state index in [4.69, 9.17) is 11.6 Å². The van der Waals surface area contributed by atoms with Crippen LogP contribution in [0.5, 0.6) is 0 Å². The van der Waals surface area contributed by atoms with Gasteiger partial charge in [-0.1, -0.05) is 41.4 Å². The van der Waals surface area contributed by atoms with Gasteiger partial charge in [-0.05, 0) is 30.7 Å². The Morgan fingerprint density at radius 1 is 1.14 bits per heavy atom. The molecule has 0 atom stereocenters. The van der Waals surface area contributed by atoms with E-state index in [-0.39, 0.29) is 17.3 Å². The van der Waals surface area contributed by atoms with E-state index >= 15 is 0 Å². The maximum absolute atomic E-state index is 13.0. The zero-order valence-corrected chi connectivity index (χ0v) is 12.6. The summed E-state index contributed by atoms with van der Waals surface area (Å²) in [5.74, 6) is -2.21. The third kappa shape index (κ3) is 4.30. The molecule has 4 nitrogen and oxygen atoms in total. The van der Waals surface area contributed by atoms with Crippen LogP contribution in [0.4, 0.5) is 10.1 Å². The molecular weight excluding hydrogens is 307 g/mol. The van der Waals surface area contributed by atoms with Gasteiger partial charge >= 0.3 is 11.8 Å². The van der Waals surface area contributed by atoms with E-state index in [0.717, 1.165) is 17.2 Å². The summed E-state index contributed by atoms with van der Waals surface area (Å²) in [7, 11) is 0. The normalized spacial score (nSPS) is 10.1. The number of aryl methyl sites for hydroxylation is 1. The Bertz CT molecular complexity index is 719. The van der Waals surface area contributed by atoms with Crippen molar-refractivity contribution in [2.75, 3.05) is 5.32 Å². The molecule has 0 spiro atoms. The van der Waals surface area contributed by atoms with Crippen molar-refractivity contribution in [1.82, 2.24) is 5.32 Å². The first-order valence-corrected chi connectivity index (χ1v) is 6.93. The molecule has 0 aliphatic carbocycles. The fraction of sp³-hybridized carbons (Fsp3) is 0.125. The van der Waals surface area contributed by atoms with Crippen LogP contribution in [0.3, 0.4) is 0 Å². The molecule has 0 aliphatic heterocycles. The van der Waals surface area contributed by atoms with Gasteiger partial charge in [0.15, 0.2) is 0 Å². The van der Waals surface area contributed by atoms with Crippen molar-refractivity contribution in [1.29, 1.82) is 0 Å². The third-order valence-corrected chi connectivity index (χ3v) is 3.21. The van der Waals surface area contributed by atoms with Crippen LogP contribution < -0.4 is 10.6 Å². The zero-order valence-electron chi connectivity index (χ0n) is 11.8. The fourth-order valence-corrected chi connectivity index (χ4v) is 2.03. The van der Waals surface area contributed by atoms with Gasteiger partial charge in [-0.3, -0.25) is 9.59 Å². The molecule has 0 saturated heterocycles. The largest absolute Gasteiger partial charge is 0.344 e. The Kier molecular flexibility index (Phi) is 5.12.